The molecular formula is C31H42ClN5O9. The number of aromatic nitrogens is 3. The number of nitrogens with zero attached hydrogens (tertiary/aromatic N) is 3. The monoisotopic (exact) mass is 663 g/mol. The zero-order valence-electron chi connectivity index (χ0n) is 26.5. The number of carbonyl (C=O) groups is 2. The molecule has 14 nitrogen and oxygen atoms in total. The molecule has 0 aliphatic rings. The van der Waals surface area contributed by atoms with Crippen molar-refractivity contribution in [1.82, 2.24) is 20.1 Å². The van der Waals surface area contributed by atoms with Gasteiger partial charge in [-0.2, -0.15) is 5.10 Å². The molecule has 1 aromatic carbocycles. The molecule has 46 heavy (non-hydrogen) atoms. The fraction of sp³-hybridized carbons (Fsp3) is 0.452. The number of hydrogen-bond acceptors (Lipinski definition) is 12. The molecule has 3 N–H and O–H groups in total. The third kappa shape index (κ3) is 13.1. The number of hydrogen-bond donors (Lipinski definition) is 2. The van der Waals surface area contributed by atoms with Gasteiger partial charge in [-0.25, -0.2) is 14.5 Å². The molecule has 0 radical (unpaired) electrons. The molecule has 0 saturated heterocycles. The van der Waals surface area contributed by atoms with Gasteiger partial charge in [-0.15, -0.1) is 0 Å². The van der Waals surface area contributed by atoms with E-state index < -0.39 is 12.0 Å². The second-order valence-corrected chi connectivity index (χ2v) is 9.87. The first kappa shape index (κ1) is 38.1. The quantitative estimate of drug-likeness (QED) is 0.0823. The van der Waals surface area contributed by atoms with E-state index >= 15 is 0 Å². The van der Waals surface area contributed by atoms with Crippen molar-refractivity contribution in [3.63, 3.8) is 0 Å². The molecule has 0 aliphatic heterocycles. The summed E-state index contributed by atoms with van der Waals surface area (Å²) in [5.41, 5.74) is 7.81. The molecule has 0 fully saturated rings. The Bertz CT molecular complexity index is 1410. The number of ether oxygens (including phenoxy) is 6. The predicted molar refractivity (Wildman–Crippen MR) is 171 cm³/mol. The number of nitrogens with one attached hydrogen (secondary N) is 1. The molecule has 1 amide bonds. The van der Waals surface area contributed by atoms with E-state index in [0.717, 1.165) is 11.1 Å². The summed E-state index contributed by atoms with van der Waals surface area (Å²) in [7, 11) is 4.29. The third-order valence-electron chi connectivity index (χ3n) is 6.25. The van der Waals surface area contributed by atoms with Crippen LogP contribution in [-0.4, -0.2) is 100 Å². The van der Waals surface area contributed by atoms with Crippen LogP contribution >= 0.6 is 11.6 Å². The van der Waals surface area contributed by atoms with Crippen LogP contribution in [0.25, 0.3) is 11.1 Å². The minimum Gasteiger partial charge on any atom is -0.494 e. The molecular weight excluding hydrogens is 622 g/mol. The van der Waals surface area contributed by atoms with Crippen molar-refractivity contribution in [3.8, 4) is 22.8 Å². The lowest BCUT2D eigenvalue weighted by Crippen LogP contribution is -2.38. The smallest absolute Gasteiger partial charge is 0.328 e. The van der Waals surface area contributed by atoms with Gasteiger partial charge in [-0.05, 0) is 23.6 Å². The van der Waals surface area contributed by atoms with E-state index in [-0.39, 0.29) is 12.0 Å². The van der Waals surface area contributed by atoms with E-state index in [4.69, 9.17) is 41.0 Å². The summed E-state index contributed by atoms with van der Waals surface area (Å²) in [6, 6.07) is 9.94. The van der Waals surface area contributed by atoms with Crippen molar-refractivity contribution >= 4 is 24.0 Å². The largest absolute Gasteiger partial charge is 0.494 e. The summed E-state index contributed by atoms with van der Waals surface area (Å²) in [5, 5.41) is 6.81. The lowest BCUT2D eigenvalue weighted by molar-refractivity contribution is -0.144. The van der Waals surface area contributed by atoms with Gasteiger partial charge < -0.3 is 39.5 Å². The average molecular weight is 664 g/mol. The second-order valence-electron chi connectivity index (χ2n) is 9.51. The number of aryl methyl sites for hydroxylation is 2. The Kier molecular flexibility index (Phi) is 17.9. The number of esters is 1. The number of nitrogens with two attached hydrogens (primary N) is 1. The summed E-state index contributed by atoms with van der Waals surface area (Å²) >= 11 is 5.90. The minimum absolute atomic E-state index is 0.275. The van der Waals surface area contributed by atoms with Gasteiger partial charge >= 0.3 is 5.97 Å². The first-order valence-electron chi connectivity index (χ1n) is 14.4. The molecule has 0 saturated carbocycles. The van der Waals surface area contributed by atoms with Crippen LogP contribution < -0.4 is 26.1 Å². The number of pyridine rings is 1. The predicted octanol–water partition coefficient (Wildman–Crippen LogP) is 1.72. The molecule has 1 unspecified atom stereocenters. The van der Waals surface area contributed by atoms with E-state index in [2.05, 4.69) is 20.1 Å². The second kappa shape index (κ2) is 21.6. The van der Waals surface area contributed by atoms with Crippen molar-refractivity contribution in [2.45, 2.75) is 19.4 Å². The maximum absolute atomic E-state index is 12.3. The van der Waals surface area contributed by atoms with Crippen LogP contribution in [0.1, 0.15) is 11.1 Å². The van der Waals surface area contributed by atoms with Crippen LogP contribution in [0.2, 0.25) is 5.15 Å². The third-order valence-corrected chi connectivity index (χ3v) is 6.64. The van der Waals surface area contributed by atoms with Gasteiger partial charge in [0.25, 0.3) is 5.56 Å². The number of rotatable bonds is 19. The molecule has 3 aromatic rings. The zero-order chi connectivity index (χ0) is 33.7. The normalized spacial score (nSPS) is 11.2. The van der Waals surface area contributed by atoms with Gasteiger partial charge in [0.2, 0.25) is 12.3 Å². The Morgan fingerprint density at radius 1 is 1.00 bits per heavy atom. The molecule has 1 atom stereocenters. The number of amides is 1. The Balaban J connectivity index is 0.000000326. The summed E-state index contributed by atoms with van der Waals surface area (Å²) in [4.78, 5) is 38.7. The number of benzene rings is 1. The van der Waals surface area contributed by atoms with Crippen molar-refractivity contribution in [3.05, 3.63) is 69.2 Å². The topological polar surface area (TPSA) is 175 Å². The summed E-state index contributed by atoms with van der Waals surface area (Å²) in [5.74, 6) is 0.356. The van der Waals surface area contributed by atoms with Crippen LogP contribution in [0, 0.1) is 6.92 Å². The Hall–Kier alpha value is -4.08. The Labute approximate surface area is 273 Å². The molecule has 0 spiro atoms. The highest BCUT2D eigenvalue weighted by Gasteiger charge is 2.19. The molecule has 3 rings (SSSR count). The molecule has 2 heterocycles. The summed E-state index contributed by atoms with van der Waals surface area (Å²) in [6.07, 6.45) is 2.21. The highest BCUT2D eigenvalue weighted by Crippen LogP contribution is 2.25. The van der Waals surface area contributed by atoms with Crippen LogP contribution in [0.5, 0.6) is 11.6 Å². The zero-order valence-corrected chi connectivity index (χ0v) is 27.3. The number of methoxy groups -OCH3 is 2. The maximum Gasteiger partial charge on any atom is 0.328 e. The highest BCUT2D eigenvalue weighted by molar-refractivity contribution is 6.30. The molecule has 0 bridgehead atoms. The van der Waals surface area contributed by atoms with Gasteiger partial charge in [0, 0.05) is 26.1 Å². The fourth-order valence-corrected chi connectivity index (χ4v) is 3.97. The molecule has 252 valence electrons. The number of carbonyl (C=O) groups excluding carboxylic acids is 2. The van der Waals surface area contributed by atoms with E-state index in [1.807, 2.05) is 13.0 Å². The lowest BCUT2D eigenvalue weighted by Gasteiger charge is -2.14. The van der Waals surface area contributed by atoms with Crippen LogP contribution in [-0.2, 0) is 42.0 Å². The van der Waals surface area contributed by atoms with E-state index in [9.17, 15) is 14.4 Å². The van der Waals surface area contributed by atoms with E-state index in [1.165, 1.54) is 25.1 Å². The molecule has 15 heteroatoms. The summed E-state index contributed by atoms with van der Waals surface area (Å²) < 4.78 is 32.4. The standard InChI is InChI=1S/C17H19N3O5.C14H23ClN2O4/c1-20-16(22)15(14(24-2)9-19-20)12-6-4-11(5-7-12)8-13(18-10-21)17(23)25-3;1-12-2-3-13(17-14(12)15)21-11-10-20-9-8-19-7-6-18-5-4-16/h4-7,9-10,13H,8H2,1-3H3,(H,18,21);2-3H,4-11,16H2,1H3. The average Bonchev–Trinajstić information content (AvgIpc) is 3.06. The minimum atomic E-state index is -0.767. The fourth-order valence-electron chi connectivity index (χ4n) is 3.82. The molecule has 2 aromatic heterocycles. The van der Waals surface area contributed by atoms with Crippen molar-refractivity contribution in [1.29, 1.82) is 0 Å². The van der Waals surface area contributed by atoms with Gasteiger partial charge in [0.15, 0.2) is 5.75 Å². The van der Waals surface area contributed by atoms with Crippen LogP contribution in [0.15, 0.2) is 47.4 Å². The van der Waals surface area contributed by atoms with Crippen molar-refractivity contribution < 1.29 is 38.0 Å². The van der Waals surface area contributed by atoms with Crippen molar-refractivity contribution in [2.24, 2.45) is 12.8 Å². The van der Waals surface area contributed by atoms with Crippen LogP contribution in [0.3, 0.4) is 0 Å². The SMILES string of the molecule is COC(=O)C(Cc1ccc(-c2c(OC)cnn(C)c2=O)cc1)NC=O.Cc1ccc(OCCOCCOCCOCCN)nc1Cl. The first-order chi connectivity index (χ1) is 22.2. The van der Waals surface area contributed by atoms with Gasteiger partial charge in [0.1, 0.15) is 17.8 Å². The molecule has 0 aliphatic carbocycles. The first-order valence-corrected chi connectivity index (χ1v) is 14.8. The maximum atomic E-state index is 12.3. The Morgan fingerprint density at radius 2 is 1.63 bits per heavy atom. The number of halogens is 1. The van der Waals surface area contributed by atoms with Gasteiger partial charge in [0.05, 0.1) is 65.6 Å². The lowest BCUT2D eigenvalue weighted by atomic mass is 10.0. The highest BCUT2D eigenvalue weighted by atomic mass is 35.5. The summed E-state index contributed by atoms with van der Waals surface area (Å²) in [6.45, 7) is 6.03. The van der Waals surface area contributed by atoms with Crippen LogP contribution in [0.4, 0.5) is 0 Å². The van der Waals surface area contributed by atoms with Gasteiger partial charge in [-0.3, -0.25) is 9.59 Å². The Morgan fingerprint density at radius 3 is 2.20 bits per heavy atom. The van der Waals surface area contributed by atoms with E-state index in [1.54, 1.807) is 37.4 Å². The van der Waals surface area contributed by atoms with Gasteiger partial charge in [-0.1, -0.05) is 41.9 Å². The van der Waals surface area contributed by atoms with Crippen molar-refractivity contribution in [2.75, 3.05) is 67.0 Å². The van der Waals surface area contributed by atoms with E-state index in [0.29, 0.717) is 87.1 Å².